The molecule has 1 fully saturated rings. The van der Waals surface area contributed by atoms with Crippen LogP contribution < -0.4 is 5.32 Å². The molecule has 1 aromatic carbocycles. The van der Waals surface area contributed by atoms with Crippen LogP contribution in [0.4, 0.5) is 0 Å². The third-order valence-electron chi connectivity index (χ3n) is 4.09. The van der Waals surface area contributed by atoms with Crippen molar-refractivity contribution in [2.24, 2.45) is 0 Å². The van der Waals surface area contributed by atoms with E-state index in [1.807, 2.05) is 31.2 Å². The second-order valence-corrected chi connectivity index (χ2v) is 6.81. The zero-order valence-corrected chi connectivity index (χ0v) is 15.1. The van der Waals surface area contributed by atoms with E-state index in [2.05, 4.69) is 21.2 Å². The number of halogens is 1. The Bertz CT molecular complexity index is 618. The van der Waals surface area contributed by atoms with Crippen LogP contribution in [0.25, 0.3) is 0 Å². The predicted molar refractivity (Wildman–Crippen MR) is 92.2 cm³/mol. The molecule has 0 spiro atoms. The number of carbonyl (C=O) groups is 3. The van der Waals surface area contributed by atoms with Gasteiger partial charge in [-0.15, -0.1) is 0 Å². The van der Waals surface area contributed by atoms with E-state index in [1.165, 1.54) is 4.90 Å². The Morgan fingerprint density at radius 1 is 1.38 bits per heavy atom. The number of carboxylic acids is 1. The molecule has 1 aliphatic heterocycles. The van der Waals surface area contributed by atoms with Crippen LogP contribution in [0.5, 0.6) is 0 Å². The molecule has 1 saturated heterocycles. The quantitative estimate of drug-likeness (QED) is 0.740. The summed E-state index contributed by atoms with van der Waals surface area (Å²) in [6.07, 6.45) is 1.75. The van der Waals surface area contributed by atoms with E-state index in [4.69, 9.17) is 0 Å². The van der Waals surface area contributed by atoms with Crippen LogP contribution in [0, 0.1) is 0 Å². The molecule has 0 bridgehead atoms. The average Bonchev–Trinajstić information content (AvgIpc) is 2.90. The van der Waals surface area contributed by atoms with Crippen LogP contribution >= 0.6 is 15.9 Å². The zero-order valence-electron chi connectivity index (χ0n) is 13.5. The molecule has 2 rings (SSSR count). The van der Waals surface area contributed by atoms with Gasteiger partial charge in [-0.25, -0.2) is 4.79 Å². The van der Waals surface area contributed by atoms with Crippen molar-refractivity contribution in [3.05, 3.63) is 34.3 Å². The molecule has 6 nitrogen and oxygen atoms in total. The molecule has 1 heterocycles. The maximum Gasteiger partial charge on any atom is 0.326 e. The van der Waals surface area contributed by atoms with Gasteiger partial charge in [0.2, 0.25) is 11.8 Å². The zero-order chi connectivity index (χ0) is 17.7. The van der Waals surface area contributed by atoms with Crippen molar-refractivity contribution in [2.75, 3.05) is 0 Å². The van der Waals surface area contributed by atoms with E-state index >= 15 is 0 Å². The van der Waals surface area contributed by atoms with Crippen molar-refractivity contribution in [2.45, 2.75) is 51.2 Å². The first-order valence-corrected chi connectivity index (χ1v) is 8.78. The highest BCUT2D eigenvalue weighted by molar-refractivity contribution is 9.10. The number of amides is 2. The first-order chi connectivity index (χ1) is 11.4. The van der Waals surface area contributed by atoms with Gasteiger partial charge in [0.15, 0.2) is 0 Å². The Balaban J connectivity index is 2.07. The van der Waals surface area contributed by atoms with E-state index in [0.29, 0.717) is 32.2 Å². The van der Waals surface area contributed by atoms with E-state index in [-0.39, 0.29) is 11.8 Å². The summed E-state index contributed by atoms with van der Waals surface area (Å²) in [6, 6.07) is 6.02. The molecule has 0 radical (unpaired) electrons. The van der Waals surface area contributed by atoms with Gasteiger partial charge in [0.25, 0.3) is 0 Å². The number of carboxylic acid groups (broad SMARTS) is 1. The van der Waals surface area contributed by atoms with Gasteiger partial charge < -0.3 is 15.3 Å². The molecule has 2 N–H and O–H groups in total. The molecular weight excluding hydrogens is 376 g/mol. The maximum atomic E-state index is 12.5. The summed E-state index contributed by atoms with van der Waals surface area (Å²) in [5.41, 5.74) is 0.926. The lowest BCUT2D eigenvalue weighted by Gasteiger charge is -2.25. The van der Waals surface area contributed by atoms with Gasteiger partial charge in [0.05, 0.1) is 0 Å². The first kappa shape index (κ1) is 18.4. The number of hydrogen-bond donors (Lipinski definition) is 2. The molecule has 1 unspecified atom stereocenters. The molecule has 7 heteroatoms. The van der Waals surface area contributed by atoms with Crippen molar-refractivity contribution in [3.63, 3.8) is 0 Å². The summed E-state index contributed by atoms with van der Waals surface area (Å²) >= 11 is 3.36. The van der Waals surface area contributed by atoms with Gasteiger partial charge in [-0.05, 0) is 30.5 Å². The van der Waals surface area contributed by atoms with Crippen LogP contribution in [0.2, 0.25) is 0 Å². The minimum atomic E-state index is -1.05. The lowest BCUT2D eigenvalue weighted by atomic mass is 10.1. The van der Waals surface area contributed by atoms with E-state index in [9.17, 15) is 19.5 Å². The van der Waals surface area contributed by atoms with Crippen molar-refractivity contribution >= 4 is 33.7 Å². The average molecular weight is 397 g/mol. The molecule has 1 aliphatic rings. The van der Waals surface area contributed by atoms with Gasteiger partial charge >= 0.3 is 5.97 Å². The van der Waals surface area contributed by atoms with Crippen molar-refractivity contribution in [1.82, 2.24) is 10.2 Å². The normalized spacial score (nSPS) is 18.5. The predicted octanol–water partition coefficient (Wildman–Crippen LogP) is 2.31. The van der Waals surface area contributed by atoms with Gasteiger partial charge in [0.1, 0.15) is 12.1 Å². The Labute approximate surface area is 149 Å². The summed E-state index contributed by atoms with van der Waals surface area (Å²) in [7, 11) is 0. The summed E-state index contributed by atoms with van der Waals surface area (Å²) in [5, 5.41) is 11.7. The fourth-order valence-electron chi connectivity index (χ4n) is 2.80. The number of likely N-dealkylation sites (tertiary alicyclic amines) is 1. The number of benzene rings is 1. The maximum absolute atomic E-state index is 12.5. The Morgan fingerprint density at radius 3 is 2.62 bits per heavy atom. The molecule has 130 valence electrons. The van der Waals surface area contributed by atoms with Gasteiger partial charge in [-0.3, -0.25) is 9.59 Å². The van der Waals surface area contributed by atoms with Gasteiger partial charge in [-0.1, -0.05) is 41.4 Å². The number of hydrogen-bond acceptors (Lipinski definition) is 3. The highest BCUT2D eigenvalue weighted by Crippen LogP contribution is 2.22. The van der Waals surface area contributed by atoms with E-state index < -0.39 is 18.1 Å². The molecule has 0 saturated carbocycles. The number of carbonyl (C=O) groups excluding carboxylic acids is 2. The fraction of sp³-hybridized carbons (Fsp3) is 0.471. The second kappa shape index (κ2) is 8.28. The topological polar surface area (TPSA) is 86.7 Å². The number of aliphatic carboxylic acids is 1. The molecule has 2 atom stereocenters. The summed E-state index contributed by atoms with van der Waals surface area (Å²) in [5.74, 6) is -1.52. The van der Waals surface area contributed by atoms with Crippen molar-refractivity contribution < 1.29 is 19.5 Å². The summed E-state index contributed by atoms with van der Waals surface area (Å²) in [6.45, 7) is 2.21. The number of rotatable bonds is 7. The largest absolute Gasteiger partial charge is 0.480 e. The molecule has 0 aromatic heterocycles. The third-order valence-corrected chi connectivity index (χ3v) is 4.62. The first-order valence-electron chi connectivity index (χ1n) is 7.99. The third kappa shape index (κ3) is 4.56. The summed E-state index contributed by atoms with van der Waals surface area (Å²) < 4.78 is 0.942. The summed E-state index contributed by atoms with van der Waals surface area (Å²) in [4.78, 5) is 37.3. The van der Waals surface area contributed by atoms with Crippen LogP contribution in [0.15, 0.2) is 28.7 Å². The molecule has 24 heavy (non-hydrogen) atoms. The lowest BCUT2D eigenvalue weighted by Crippen LogP contribution is -2.49. The SMILES string of the molecule is CCC[C@@H](NC(=O)C1CCC(=O)N1Cc1ccc(Br)cc1)C(=O)O. The molecule has 1 aromatic rings. The van der Waals surface area contributed by atoms with Crippen molar-refractivity contribution in [1.29, 1.82) is 0 Å². The minimum Gasteiger partial charge on any atom is -0.480 e. The molecule has 0 aliphatic carbocycles. The van der Waals surface area contributed by atoms with Crippen LogP contribution in [-0.2, 0) is 20.9 Å². The molecule has 2 amide bonds. The monoisotopic (exact) mass is 396 g/mol. The minimum absolute atomic E-state index is 0.0829. The van der Waals surface area contributed by atoms with Crippen LogP contribution in [0.1, 0.15) is 38.2 Å². The lowest BCUT2D eigenvalue weighted by molar-refractivity contribution is -0.143. The Morgan fingerprint density at radius 2 is 2.04 bits per heavy atom. The second-order valence-electron chi connectivity index (χ2n) is 5.89. The van der Waals surface area contributed by atoms with E-state index in [1.54, 1.807) is 0 Å². The Kier molecular flexibility index (Phi) is 6.36. The van der Waals surface area contributed by atoms with Gasteiger partial charge in [-0.2, -0.15) is 0 Å². The van der Waals surface area contributed by atoms with Crippen LogP contribution in [0.3, 0.4) is 0 Å². The van der Waals surface area contributed by atoms with Crippen molar-refractivity contribution in [3.8, 4) is 0 Å². The highest BCUT2D eigenvalue weighted by Gasteiger charge is 2.37. The number of nitrogens with zero attached hydrogens (tertiary/aromatic N) is 1. The number of nitrogens with one attached hydrogen (secondary N) is 1. The molecular formula is C17H21BrN2O4. The van der Waals surface area contributed by atoms with Crippen LogP contribution in [-0.4, -0.2) is 39.9 Å². The fourth-order valence-corrected chi connectivity index (χ4v) is 3.07. The van der Waals surface area contributed by atoms with Gasteiger partial charge in [0, 0.05) is 17.4 Å². The van der Waals surface area contributed by atoms with E-state index in [0.717, 1.165) is 10.0 Å². The highest BCUT2D eigenvalue weighted by atomic mass is 79.9. The smallest absolute Gasteiger partial charge is 0.326 e. The standard InChI is InChI=1S/C17H21BrN2O4/c1-2-3-13(17(23)24)19-16(22)14-8-9-15(21)20(14)10-11-4-6-12(18)7-5-11/h4-7,13-14H,2-3,8-10H2,1H3,(H,19,22)(H,23,24)/t13-,14?/m1/s1. The Hall–Kier alpha value is -1.89.